The molecular formula is C19H39Cl2MnN5O. The number of nitrogens with one attached hydrogen (secondary N) is 5. The Morgan fingerprint density at radius 1 is 0.643 bits per heavy atom. The Hall–Kier alpha value is 0.859. The van der Waals surface area contributed by atoms with Gasteiger partial charge in [-0.05, 0) is 25.7 Å². The predicted octanol–water partition coefficient (Wildman–Crippen LogP) is 1.31. The SMILES string of the molecule is OC[C@H]1CN[C@@H]2CCCCC2NCCN[C@@H]2CCCC[C@H]2NCCN1.[Cl][Mn][Cl]. The van der Waals surface area contributed by atoms with E-state index >= 15 is 0 Å². The minimum atomic E-state index is 0.00694. The van der Waals surface area contributed by atoms with Crippen molar-refractivity contribution in [2.75, 3.05) is 39.3 Å². The van der Waals surface area contributed by atoms with Gasteiger partial charge in [-0.1, -0.05) is 25.7 Å². The second-order valence-corrected chi connectivity index (χ2v) is 10.1. The van der Waals surface area contributed by atoms with Crippen LogP contribution >= 0.6 is 20.2 Å². The molecule has 6 N–H and O–H groups in total. The van der Waals surface area contributed by atoms with E-state index in [2.05, 4.69) is 26.6 Å². The van der Waals surface area contributed by atoms with Crippen LogP contribution in [0.25, 0.3) is 0 Å². The second-order valence-electron chi connectivity index (χ2n) is 8.15. The quantitative estimate of drug-likeness (QED) is 0.319. The van der Waals surface area contributed by atoms with Crippen molar-refractivity contribution in [2.24, 2.45) is 0 Å². The molecule has 28 heavy (non-hydrogen) atoms. The van der Waals surface area contributed by atoms with Crippen LogP contribution < -0.4 is 26.6 Å². The van der Waals surface area contributed by atoms with Gasteiger partial charge in [0.15, 0.2) is 0 Å². The fraction of sp³-hybridized carbons (Fsp3) is 1.00. The van der Waals surface area contributed by atoms with Crippen molar-refractivity contribution in [2.45, 2.75) is 81.6 Å². The summed E-state index contributed by atoms with van der Waals surface area (Å²) in [6.45, 7) is 5.05. The monoisotopic (exact) mass is 478 g/mol. The summed E-state index contributed by atoms with van der Waals surface area (Å²) in [6.07, 6.45) is 10.4. The summed E-state index contributed by atoms with van der Waals surface area (Å²) in [5.74, 6) is 0. The van der Waals surface area contributed by atoms with Gasteiger partial charge in [-0.15, -0.1) is 0 Å². The van der Waals surface area contributed by atoms with Crippen LogP contribution in [0, 0.1) is 0 Å². The summed E-state index contributed by atoms with van der Waals surface area (Å²) in [5.41, 5.74) is 0. The van der Waals surface area contributed by atoms with E-state index in [1.807, 2.05) is 0 Å². The Balaban J connectivity index is 0.000000878. The van der Waals surface area contributed by atoms with Gasteiger partial charge in [0.1, 0.15) is 0 Å². The van der Waals surface area contributed by atoms with Crippen molar-refractivity contribution in [3.05, 3.63) is 0 Å². The van der Waals surface area contributed by atoms with Crippen LogP contribution in [0.1, 0.15) is 51.4 Å². The van der Waals surface area contributed by atoms with Crippen LogP contribution in [-0.2, 0) is 13.1 Å². The van der Waals surface area contributed by atoms with E-state index in [1.54, 1.807) is 0 Å². The molecule has 167 valence electrons. The van der Waals surface area contributed by atoms with Crippen molar-refractivity contribution in [1.29, 1.82) is 0 Å². The molecule has 1 unspecified atom stereocenters. The van der Waals surface area contributed by atoms with E-state index in [4.69, 9.17) is 20.2 Å². The number of hydrogen-bond acceptors (Lipinski definition) is 6. The molecule has 3 rings (SSSR count). The summed E-state index contributed by atoms with van der Waals surface area (Å²) >= 11 is 0.00694. The van der Waals surface area contributed by atoms with E-state index in [-0.39, 0.29) is 25.8 Å². The van der Waals surface area contributed by atoms with Crippen LogP contribution in [0.3, 0.4) is 0 Å². The third-order valence-corrected chi connectivity index (χ3v) is 6.28. The Kier molecular flexibility index (Phi) is 14.0. The maximum absolute atomic E-state index is 9.68. The topological polar surface area (TPSA) is 80.4 Å². The fourth-order valence-corrected chi connectivity index (χ4v) is 4.78. The Morgan fingerprint density at radius 2 is 1.00 bits per heavy atom. The Labute approximate surface area is 185 Å². The van der Waals surface area contributed by atoms with Crippen molar-refractivity contribution in [3.8, 4) is 0 Å². The first-order chi connectivity index (χ1) is 13.8. The zero-order valence-electron chi connectivity index (χ0n) is 16.9. The molecule has 3 fully saturated rings. The molecular weight excluding hydrogens is 440 g/mol. The van der Waals surface area contributed by atoms with Gasteiger partial charge in [0.25, 0.3) is 0 Å². The molecule has 1 aliphatic heterocycles. The summed E-state index contributed by atoms with van der Waals surface area (Å²) < 4.78 is 0. The summed E-state index contributed by atoms with van der Waals surface area (Å²) in [5, 5.41) is 28.2. The molecule has 0 spiro atoms. The number of fused-ring (bicyclic) bond motifs is 2. The molecule has 1 saturated heterocycles. The van der Waals surface area contributed by atoms with Crippen molar-refractivity contribution >= 4 is 20.2 Å². The van der Waals surface area contributed by atoms with Gasteiger partial charge in [-0.2, -0.15) is 0 Å². The average Bonchev–Trinajstić information content (AvgIpc) is 2.73. The van der Waals surface area contributed by atoms with E-state index in [1.165, 1.54) is 51.4 Å². The summed E-state index contributed by atoms with van der Waals surface area (Å²) in [7, 11) is 9.59. The molecule has 1 heterocycles. The van der Waals surface area contributed by atoms with Gasteiger partial charge in [0, 0.05) is 62.9 Å². The van der Waals surface area contributed by atoms with Crippen molar-refractivity contribution in [3.63, 3.8) is 0 Å². The predicted molar refractivity (Wildman–Crippen MR) is 115 cm³/mol. The van der Waals surface area contributed by atoms with Crippen LogP contribution in [0.15, 0.2) is 0 Å². The van der Waals surface area contributed by atoms with Crippen molar-refractivity contribution in [1.82, 2.24) is 26.6 Å². The van der Waals surface area contributed by atoms with Crippen LogP contribution in [0.2, 0.25) is 0 Å². The molecule has 6 nitrogen and oxygen atoms in total. The van der Waals surface area contributed by atoms with E-state index in [0.29, 0.717) is 24.2 Å². The molecule has 9 heteroatoms. The zero-order chi connectivity index (χ0) is 20.0. The molecule has 0 bridgehead atoms. The number of aliphatic hydroxyl groups is 1. The molecule has 3 aliphatic rings. The van der Waals surface area contributed by atoms with Crippen molar-refractivity contribution < 1.29 is 18.2 Å². The van der Waals surface area contributed by atoms with Crippen LogP contribution in [-0.4, -0.2) is 74.6 Å². The number of aliphatic hydroxyl groups excluding tert-OH is 1. The first-order valence-corrected chi connectivity index (χ1v) is 14.2. The van der Waals surface area contributed by atoms with Gasteiger partial charge in [-0.3, -0.25) is 0 Å². The minimum absolute atomic E-state index is 0.00694. The number of hydrogen-bond donors (Lipinski definition) is 6. The molecule has 0 aromatic heterocycles. The van der Waals surface area contributed by atoms with Crippen LogP contribution in [0.5, 0.6) is 0 Å². The maximum atomic E-state index is 9.68. The molecule has 5 atom stereocenters. The Morgan fingerprint density at radius 3 is 1.39 bits per heavy atom. The second kappa shape index (κ2) is 15.6. The summed E-state index contributed by atoms with van der Waals surface area (Å²) in [4.78, 5) is 0. The van der Waals surface area contributed by atoms with Gasteiger partial charge in [0.05, 0.1) is 6.61 Å². The molecule has 2 saturated carbocycles. The van der Waals surface area contributed by atoms with Gasteiger partial charge in [0.2, 0.25) is 0 Å². The average molecular weight is 479 g/mol. The van der Waals surface area contributed by atoms with E-state index in [0.717, 1.165) is 32.7 Å². The number of halogens is 2. The zero-order valence-corrected chi connectivity index (χ0v) is 19.6. The number of rotatable bonds is 1. The third-order valence-electron chi connectivity index (χ3n) is 6.28. The molecule has 0 radical (unpaired) electrons. The molecule has 2 aliphatic carbocycles. The van der Waals surface area contributed by atoms with E-state index in [9.17, 15) is 5.11 Å². The summed E-state index contributed by atoms with van der Waals surface area (Å²) in [6, 6.07) is 2.45. The standard InChI is InChI=1S/C19H39N5O.2ClH.Mn/c25-14-15-13-24-19-8-4-3-7-18(19)23-12-11-22-17-6-2-1-5-16(17)21-10-9-20-15;;;/h15-25H,1-14H2;2*1H;/q;;;+2/p-2/t15-,16-,17-,18?,19-;;;/m1.../s1. The molecule has 0 aromatic carbocycles. The Bertz CT molecular complexity index is 399. The fourth-order valence-electron chi connectivity index (χ4n) is 4.78. The third kappa shape index (κ3) is 9.34. The van der Waals surface area contributed by atoms with Gasteiger partial charge >= 0.3 is 33.3 Å². The van der Waals surface area contributed by atoms with Gasteiger partial charge < -0.3 is 31.7 Å². The molecule has 0 aromatic rings. The molecule has 0 amide bonds. The van der Waals surface area contributed by atoms with E-state index < -0.39 is 0 Å². The first kappa shape index (κ1) is 25.1. The van der Waals surface area contributed by atoms with Crippen LogP contribution in [0.4, 0.5) is 0 Å². The van der Waals surface area contributed by atoms with Gasteiger partial charge in [-0.25, -0.2) is 0 Å². The normalized spacial score (nSPS) is 35.9. The first-order valence-electron chi connectivity index (χ1n) is 10.9.